The van der Waals surface area contributed by atoms with Crippen LogP contribution < -0.4 is 11.1 Å². The van der Waals surface area contributed by atoms with E-state index in [0.29, 0.717) is 29.5 Å². The molecule has 2 unspecified atom stereocenters. The highest BCUT2D eigenvalue weighted by atomic mass is 127. The van der Waals surface area contributed by atoms with Crippen molar-refractivity contribution in [2.75, 3.05) is 14.1 Å². The van der Waals surface area contributed by atoms with Crippen molar-refractivity contribution >= 4 is 40.2 Å². The molecule has 8 nitrogen and oxygen atoms in total. The predicted octanol–water partition coefficient (Wildman–Crippen LogP) is 4.19. The van der Waals surface area contributed by atoms with E-state index in [1.165, 1.54) is 29.6 Å². The average molecular weight is 582 g/mol. The summed E-state index contributed by atoms with van der Waals surface area (Å²) in [6, 6.07) is 2.85. The van der Waals surface area contributed by atoms with Gasteiger partial charge in [0, 0.05) is 46.8 Å². The molecule has 3 aliphatic rings. The van der Waals surface area contributed by atoms with Gasteiger partial charge in [0.05, 0.1) is 11.8 Å². The van der Waals surface area contributed by atoms with E-state index in [1.54, 1.807) is 34.7 Å². The van der Waals surface area contributed by atoms with Crippen molar-refractivity contribution in [3.63, 3.8) is 0 Å². The molecule has 2 aliphatic heterocycles. The zero-order valence-electron chi connectivity index (χ0n) is 18.9. The molecule has 0 radical (unpaired) electrons. The molecule has 0 aromatic carbocycles. The number of nitrogens with zero attached hydrogens (tertiary/aromatic N) is 4. The Morgan fingerprint density at radius 1 is 1.35 bits per heavy atom. The maximum absolute atomic E-state index is 13.3. The van der Waals surface area contributed by atoms with Gasteiger partial charge in [0.25, 0.3) is 4.36 Å². The van der Waals surface area contributed by atoms with Crippen LogP contribution in [0.5, 0.6) is 0 Å². The minimum absolute atomic E-state index is 0.127. The molecule has 0 amide bonds. The first kappa shape index (κ1) is 24.6. The molecule has 1 fully saturated rings. The molecule has 34 heavy (non-hydrogen) atoms. The van der Waals surface area contributed by atoms with Crippen molar-refractivity contribution in [2.45, 2.75) is 36.2 Å². The minimum atomic E-state index is -1.42. The van der Waals surface area contributed by atoms with Crippen molar-refractivity contribution in [2.24, 2.45) is 21.7 Å². The molecule has 0 spiro atoms. The van der Waals surface area contributed by atoms with Gasteiger partial charge in [-0.3, -0.25) is 4.99 Å². The Kier molecular flexibility index (Phi) is 7.24. The fraction of sp³-hybridized carbons (Fsp3) is 0.391. The number of nitrogens with two attached hydrogens (primary N) is 1. The van der Waals surface area contributed by atoms with Crippen molar-refractivity contribution < 1.29 is 18.1 Å². The maximum atomic E-state index is 13.3. The lowest BCUT2D eigenvalue weighted by Crippen LogP contribution is -2.32. The van der Waals surface area contributed by atoms with Gasteiger partial charge in [-0.2, -0.15) is 8.78 Å². The van der Waals surface area contributed by atoms with Crippen molar-refractivity contribution in [3.05, 3.63) is 64.8 Å². The third-order valence-corrected chi connectivity index (χ3v) is 6.19. The molecule has 0 saturated heterocycles. The van der Waals surface area contributed by atoms with Crippen LogP contribution in [0.4, 0.5) is 8.78 Å². The summed E-state index contributed by atoms with van der Waals surface area (Å²) in [5, 5.41) is 15.7. The Hall–Kier alpha value is -2.51. The first-order valence-corrected chi connectivity index (χ1v) is 12.1. The molecule has 4 rings (SSSR count). The predicted molar refractivity (Wildman–Crippen MR) is 135 cm³/mol. The highest BCUT2D eigenvalue weighted by Gasteiger charge is 2.37. The Morgan fingerprint density at radius 3 is 2.82 bits per heavy atom. The lowest BCUT2D eigenvalue weighted by atomic mass is 10.0. The third kappa shape index (κ3) is 5.76. The van der Waals surface area contributed by atoms with Crippen LogP contribution in [0.1, 0.15) is 37.4 Å². The molecule has 11 heteroatoms. The minimum Gasteiger partial charge on any atom is -0.406 e. The van der Waals surface area contributed by atoms with Crippen LogP contribution in [0.3, 0.4) is 0 Å². The standard InChI is InChI=1S/C23H27F2IN7O/c1-33(2)20(34-23(25)26)9-16(32-33)5-3-13-7-15-8-17(15)21(18(10-27)29-11-13)31-22(28)14-4-6-19(24)30-12-14/h4,6,9-12,15,22-23,27,31H,3,5,7-8,28H2,1-2H3/q+1/b13-11-,21-17-,27-10?,29-18+/t15?,22-,23?/m1/s1. The van der Waals surface area contributed by atoms with Gasteiger partial charge < -0.3 is 21.2 Å². The zero-order valence-corrected chi connectivity index (χ0v) is 21.1. The molecular formula is C23H27F2IN7O+. The van der Waals surface area contributed by atoms with Crippen LogP contribution >= 0.6 is 22.6 Å². The molecule has 1 aromatic rings. The van der Waals surface area contributed by atoms with Gasteiger partial charge in [-0.25, -0.2) is 4.98 Å². The Balaban J connectivity index is 1.45. The number of halogens is 3. The third-order valence-electron chi connectivity index (χ3n) is 5.94. The number of ether oxygens (including phenoxy) is 1. The SMILES string of the molecule is C[N+]1(C)N=C(CC/C2=C/N=C(C=N)/C(N[C@@H](N)c3ccc(F)nc3)=C3\CC3C2)C=C1OC(F)I. The Bertz CT molecular complexity index is 1120. The maximum Gasteiger partial charge on any atom is 0.323 e. The first-order valence-electron chi connectivity index (χ1n) is 10.9. The van der Waals surface area contributed by atoms with Gasteiger partial charge >= 0.3 is 5.88 Å². The van der Waals surface area contributed by atoms with Crippen molar-refractivity contribution in [1.82, 2.24) is 10.3 Å². The van der Waals surface area contributed by atoms with Crippen LogP contribution in [0, 0.1) is 17.3 Å². The summed E-state index contributed by atoms with van der Waals surface area (Å²) in [7, 11) is 3.69. The van der Waals surface area contributed by atoms with Gasteiger partial charge in [-0.15, -0.1) is 4.59 Å². The molecular weight excluding hydrogens is 555 g/mol. The largest absolute Gasteiger partial charge is 0.406 e. The number of allylic oxidation sites excluding steroid dienone is 4. The molecule has 3 atom stereocenters. The molecule has 1 aliphatic carbocycles. The number of pyridine rings is 1. The van der Waals surface area contributed by atoms with Crippen LogP contribution in [0.2, 0.25) is 0 Å². The van der Waals surface area contributed by atoms with Crippen LogP contribution in [0.15, 0.2) is 63.4 Å². The summed E-state index contributed by atoms with van der Waals surface area (Å²) in [5.74, 6) is 0.271. The number of alkyl halides is 2. The number of aromatic nitrogens is 1. The number of hydrogen-bond acceptors (Lipinski definition) is 7. The molecule has 3 heterocycles. The average Bonchev–Trinajstić information content (AvgIpc) is 3.45. The quantitative estimate of drug-likeness (QED) is 0.101. The van der Waals surface area contributed by atoms with E-state index in [9.17, 15) is 8.78 Å². The van der Waals surface area contributed by atoms with Crippen molar-refractivity contribution in [3.8, 4) is 0 Å². The summed E-state index contributed by atoms with van der Waals surface area (Å²) in [4.78, 5) is 8.21. The summed E-state index contributed by atoms with van der Waals surface area (Å²) < 4.78 is 30.4. The molecule has 0 bridgehead atoms. The number of fused-ring (bicyclic) bond motifs is 1. The number of rotatable bonds is 9. The fourth-order valence-electron chi connectivity index (χ4n) is 4.08. The fourth-order valence-corrected chi connectivity index (χ4v) is 4.35. The van der Waals surface area contributed by atoms with E-state index < -0.39 is 16.5 Å². The normalized spacial score (nSPS) is 28.0. The summed E-state index contributed by atoms with van der Waals surface area (Å²) in [5.41, 5.74) is 11.4. The van der Waals surface area contributed by atoms with Gasteiger partial charge in [0.1, 0.15) is 31.7 Å². The first-order chi connectivity index (χ1) is 16.2. The molecule has 180 valence electrons. The van der Waals surface area contributed by atoms with Gasteiger partial charge in [0.15, 0.2) is 0 Å². The number of hydrogen-bond donors (Lipinski definition) is 3. The lowest BCUT2D eigenvalue weighted by Gasteiger charge is -2.20. The van der Waals surface area contributed by atoms with Crippen LogP contribution in [-0.4, -0.2) is 45.7 Å². The van der Waals surface area contributed by atoms with E-state index >= 15 is 0 Å². The van der Waals surface area contributed by atoms with E-state index in [4.69, 9.17) is 15.9 Å². The van der Waals surface area contributed by atoms with E-state index in [1.807, 2.05) is 20.3 Å². The second kappa shape index (κ2) is 10.0. The lowest BCUT2D eigenvalue weighted by molar-refractivity contribution is -0.872. The highest BCUT2D eigenvalue weighted by Crippen LogP contribution is 2.46. The molecule has 1 aromatic heterocycles. The van der Waals surface area contributed by atoms with Gasteiger partial charge in [-0.1, -0.05) is 10.7 Å². The Labute approximate surface area is 210 Å². The van der Waals surface area contributed by atoms with E-state index in [0.717, 1.165) is 30.7 Å². The zero-order chi connectivity index (χ0) is 24.5. The second-order valence-corrected chi connectivity index (χ2v) is 9.81. The topological polar surface area (TPSA) is 109 Å². The van der Waals surface area contributed by atoms with Gasteiger partial charge in [0.2, 0.25) is 5.95 Å². The van der Waals surface area contributed by atoms with Crippen LogP contribution in [-0.2, 0) is 4.74 Å². The van der Waals surface area contributed by atoms with Crippen molar-refractivity contribution in [1.29, 1.82) is 5.41 Å². The molecule has 4 N–H and O–H groups in total. The number of quaternary nitrogens is 1. The number of aliphatic imine (C=N–C) groups is 1. The van der Waals surface area contributed by atoms with Crippen LogP contribution in [0.25, 0.3) is 0 Å². The highest BCUT2D eigenvalue weighted by molar-refractivity contribution is 14.1. The van der Waals surface area contributed by atoms with E-state index in [-0.39, 0.29) is 4.59 Å². The summed E-state index contributed by atoms with van der Waals surface area (Å²) in [6.45, 7) is 0. The smallest absolute Gasteiger partial charge is 0.323 e. The van der Waals surface area contributed by atoms with Gasteiger partial charge in [-0.05, 0) is 49.3 Å². The summed E-state index contributed by atoms with van der Waals surface area (Å²) >= 11 is 1.58. The Morgan fingerprint density at radius 2 is 2.15 bits per heavy atom. The molecule has 1 saturated carbocycles. The summed E-state index contributed by atoms with van der Waals surface area (Å²) in [6.07, 6.45) is 8.85. The second-order valence-electron chi connectivity index (χ2n) is 8.83. The monoisotopic (exact) mass is 582 g/mol. The number of nitrogens with one attached hydrogen (secondary N) is 2. The van der Waals surface area contributed by atoms with E-state index in [2.05, 4.69) is 20.4 Å².